The van der Waals surface area contributed by atoms with Gasteiger partial charge in [0.2, 0.25) is 11.3 Å². The quantitative estimate of drug-likeness (QED) is 0.354. The van der Waals surface area contributed by atoms with Gasteiger partial charge in [0, 0.05) is 17.5 Å². The van der Waals surface area contributed by atoms with E-state index < -0.39 is 11.1 Å². The largest absolute Gasteiger partial charge is 0.548 e. The van der Waals surface area contributed by atoms with E-state index >= 15 is 0 Å². The number of carbonyl (C=O) groups excluding carboxylic acids is 1. The van der Waals surface area contributed by atoms with Crippen molar-refractivity contribution in [2.24, 2.45) is 10.4 Å². The second-order valence-corrected chi connectivity index (χ2v) is 10.5. The van der Waals surface area contributed by atoms with Crippen LogP contribution in [0.3, 0.4) is 0 Å². The summed E-state index contributed by atoms with van der Waals surface area (Å²) in [6, 6.07) is 14.7. The van der Waals surface area contributed by atoms with Crippen LogP contribution in [-0.4, -0.2) is 42.3 Å². The molecule has 3 aromatic rings. The first-order valence-corrected chi connectivity index (χ1v) is 12.6. The molecule has 0 saturated carbocycles. The number of H-pyrrole nitrogens is 1. The summed E-state index contributed by atoms with van der Waals surface area (Å²) in [6.45, 7) is 7.65. The minimum atomic E-state index is -1.69. The van der Waals surface area contributed by atoms with Gasteiger partial charge in [-0.2, -0.15) is 0 Å². The van der Waals surface area contributed by atoms with Crippen LogP contribution in [0.15, 0.2) is 53.5 Å². The monoisotopic (exact) mass is 481 g/mol. The Labute approximate surface area is 202 Å². The van der Waals surface area contributed by atoms with Crippen LogP contribution < -0.4 is 10.8 Å². The molecule has 3 N–H and O–H groups in total. The van der Waals surface area contributed by atoms with Gasteiger partial charge in [-0.1, -0.05) is 57.2 Å². The number of benzene rings is 2. The number of aromatic hydroxyl groups is 1. The van der Waals surface area contributed by atoms with Crippen molar-refractivity contribution in [3.8, 4) is 5.75 Å². The average Bonchev–Trinajstić information content (AvgIpc) is 3.17. The van der Waals surface area contributed by atoms with Gasteiger partial charge >= 0.3 is 0 Å². The molecule has 4 rings (SSSR count). The topological polar surface area (TPSA) is 117 Å². The van der Waals surface area contributed by atoms with Crippen LogP contribution in [0.2, 0.25) is 0 Å². The van der Waals surface area contributed by atoms with Gasteiger partial charge in [-0.3, -0.25) is 9.79 Å². The molecule has 9 heteroatoms. The van der Waals surface area contributed by atoms with Crippen LogP contribution in [0.5, 0.6) is 5.75 Å². The van der Waals surface area contributed by atoms with Gasteiger partial charge in [0.15, 0.2) is 16.9 Å². The van der Waals surface area contributed by atoms with Gasteiger partial charge in [-0.25, -0.2) is 0 Å². The number of para-hydroxylation sites is 1. The number of phenolic OH excluding ortho intramolecular Hbond substituents is 1. The lowest BCUT2D eigenvalue weighted by Crippen LogP contribution is -2.35. The van der Waals surface area contributed by atoms with Crippen molar-refractivity contribution in [3.05, 3.63) is 65.1 Å². The lowest BCUT2D eigenvalue weighted by atomic mass is 9.83. The van der Waals surface area contributed by atoms with Gasteiger partial charge in [-0.05, 0) is 42.4 Å². The number of hydrogen-bond donors (Lipinski definition) is 3. The minimum Gasteiger partial charge on any atom is -0.548 e. The number of aromatic nitrogens is 2. The second-order valence-electron chi connectivity index (χ2n) is 9.63. The number of carbonyl (C=O) groups is 1. The maximum absolute atomic E-state index is 13.0. The average molecular weight is 482 g/mol. The number of nitrogens with one attached hydrogen (secondary N) is 2. The molecule has 0 bridgehead atoms. The van der Waals surface area contributed by atoms with Crippen LogP contribution in [0.1, 0.15) is 62.0 Å². The van der Waals surface area contributed by atoms with Gasteiger partial charge < -0.3 is 19.9 Å². The number of rotatable bonds is 5. The van der Waals surface area contributed by atoms with Crippen molar-refractivity contribution in [1.82, 2.24) is 13.6 Å². The number of phenols is 1. The van der Waals surface area contributed by atoms with Gasteiger partial charge in [0.25, 0.3) is 5.91 Å². The van der Waals surface area contributed by atoms with Crippen LogP contribution in [0.25, 0.3) is 0 Å². The smallest absolute Gasteiger partial charge is 0.257 e. The van der Waals surface area contributed by atoms with Crippen LogP contribution >= 0.6 is 11.1 Å². The fourth-order valence-corrected chi connectivity index (χ4v) is 4.85. The zero-order chi connectivity index (χ0) is 24.3. The zero-order valence-electron chi connectivity index (χ0n) is 19.7. The normalized spacial score (nSPS) is 16.4. The lowest BCUT2D eigenvalue weighted by Gasteiger charge is -2.27. The number of amides is 1. The molecule has 0 aliphatic carbocycles. The third-order valence-corrected chi connectivity index (χ3v) is 6.66. The molecule has 1 aliphatic rings. The van der Waals surface area contributed by atoms with E-state index in [0.29, 0.717) is 24.3 Å². The van der Waals surface area contributed by atoms with E-state index in [1.807, 2.05) is 30.3 Å². The molecule has 180 valence electrons. The summed E-state index contributed by atoms with van der Waals surface area (Å²) < 4.78 is 19.2. The first-order chi connectivity index (χ1) is 16.2. The third kappa shape index (κ3) is 5.31. The molecule has 2 atom stereocenters. The number of likely N-dealkylation sites (tertiary alicyclic amines) is 1. The maximum Gasteiger partial charge on any atom is 0.257 e. The molecule has 0 radical (unpaired) electrons. The van der Waals surface area contributed by atoms with E-state index in [-0.39, 0.29) is 34.5 Å². The van der Waals surface area contributed by atoms with Crippen molar-refractivity contribution >= 4 is 28.6 Å². The van der Waals surface area contributed by atoms with Crippen molar-refractivity contribution in [3.63, 3.8) is 0 Å². The predicted octanol–water partition coefficient (Wildman–Crippen LogP) is 4.90. The predicted molar refractivity (Wildman–Crippen MR) is 133 cm³/mol. The highest BCUT2D eigenvalue weighted by Gasteiger charge is 2.27. The second kappa shape index (κ2) is 9.99. The van der Waals surface area contributed by atoms with Gasteiger partial charge in [0.05, 0.1) is 17.3 Å². The SMILES string of the molecule is CC(C)(C)C(N=c1[nH][s+]([O-])nc1Nc1cccc(C(=O)N2CCCCC2)c1O)c1ccccc1. The summed E-state index contributed by atoms with van der Waals surface area (Å²) in [5.41, 5.74) is 1.69. The Morgan fingerprint density at radius 2 is 1.85 bits per heavy atom. The molecule has 34 heavy (non-hydrogen) atoms. The highest BCUT2D eigenvalue weighted by atomic mass is 32.2. The maximum atomic E-state index is 13.0. The molecule has 8 nitrogen and oxygen atoms in total. The minimum absolute atomic E-state index is 0.159. The molecule has 2 unspecified atom stereocenters. The Hall–Kier alpha value is -3.17. The van der Waals surface area contributed by atoms with Gasteiger partial charge in [0.1, 0.15) is 0 Å². The Morgan fingerprint density at radius 3 is 2.53 bits per heavy atom. The van der Waals surface area contributed by atoms with E-state index in [1.165, 1.54) is 0 Å². The van der Waals surface area contributed by atoms with E-state index in [4.69, 9.17) is 4.99 Å². The van der Waals surface area contributed by atoms with E-state index in [0.717, 1.165) is 24.8 Å². The summed E-state index contributed by atoms with van der Waals surface area (Å²) in [6.07, 6.45) is 3.05. The molecule has 1 aliphatic heterocycles. The van der Waals surface area contributed by atoms with Crippen LogP contribution in [-0.2, 0) is 0 Å². The molecule has 1 saturated heterocycles. The van der Waals surface area contributed by atoms with Gasteiger partial charge in [-0.15, -0.1) is 4.37 Å². The zero-order valence-corrected chi connectivity index (χ0v) is 20.6. The van der Waals surface area contributed by atoms with Crippen molar-refractivity contribution < 1.29 is 14.5 Å². The number of piperidine rings is 1. The molecule has 2 heterocycles. The van der Waals surface area contributed by atoms with Crippen molar-refractivity contribution in [2.75, 3.05) is 18.4 Å². The number of nitrogens with zero attached hydrogens (tertiary/aromatic N) is 3. The first-order valence-electron chi connectivity index (χ1n) is 11.5. The van der Waals surface area contributed by atoms with E-state index in [2.05, 4.69) is 34.8 Å². The summed E-state index contributed by atoms with van der Waals surface area (Å²) in [5, 5.41) is 13.9. The van der Waals surface area contributed by atoms with E-state index in [1.54, 1.807) is 23.1 Å². The third-order valence-electron chi connectivity index (χ3n) is 5.94. The molecule has 0 spiro atoms. The Bertz CT molecular complexity index is 1210. The summed E-state index contributed by atoms with van der Waals surface area (Å²) >= 11 is -1.69. The fourth-order valence-electron chi connectivity index (χ4n) is 4.19. The van der Waals surface area contributed by atoms with Crippen LogP contribution in [0.4, 0.5) is 11.5 Å². The highest BCUT2D eigenvalue weighted by Crippen LogP contribution is 2.36. The molecule has 1 fully saturated rings. The summed E-state index contributed by atoms with van der Waals surface area (Å²) in [7, 11) is 0. The number of hydrogen-bond acceptors (Lipinski definition) is 6. The summed E-state index contributed by atoms with van der Waals surface area (Å²) in [4.78, 5) is 19.6. The Kier molecular flexibility index (Phi) is 7.04. The molecule has 1 aromatic heterocycles. The standard InChI is InChI=1S/C25H31N5O3S/c1-25(2,3)21(17-11-6-4-7-12-17)27-23-22(28-34(33)29-23)26-19-14-10-13-18(20(19)31)24(32)30-15-8-5-9-16-30/h4,6-7,10-14,21,31H,5,8-9,15-16H2,1-3H3,(H,26,28)(H,27,29). The Morgan fingerprint density at radius 1 is 1.15 bits per heavy atom. The molecule has 2 aromatic carbocycles. The van der Waals surface area contributed by atoms with Crippen molar-refractivity contribution in [2.45, 2.75) is 46.1 Å². The molecular formula is C25H31N5O3S. The Balaban J connectivity index is 1.68. The van der Waals surface area contributed by atoms with E-state index in [9.17, 15) is 14.5 Å². The van der Waals surface area contributed by atoms with Crippen molar-refractivity contribution in [1.29, 1.82) is 0 Å². The highest BCUT2D eigenvalue weighted by molar-refractivity contribution is 7.13. The summed E-state index contributed by atoms with van der Waals surface area (Å²) in [5.74, 6) is -0.101. The first kappa shape index (κ1) is 24.0. The number of anilines is 2. The lowest BCUT2D eigenvalue weighted by molar-refractivity contribution is 0.0721. The fraction of sp³-hybridized carbons (Fsp3) is 0.400. The van der Waals surface area contributed by atoms with Crippen LogP contribution in [0, 0.1) is 5.41 Å². The number of aromatic amines is 1. The molecule has 1 amide bonds. The molecular weight excluding hydrogens is 450 g/mol.